The predicted octanol–water partition coefficient (Wildman–Crippen LogP) is 3.68. The molecule has 0 saturated heterocycles. The van der Waals surface area contributed by atoms with Crippen molar-refractivity contribution in [2.24, 2.45) is 0 Å². The van der Waals surface area contributed by atoms with Gasteiger partial charge < -0.3 is 10.1 Å². The number of hydrogen-bond donors (Lipinski definition) is 1. The Hall–Kier alpha value is -2.38. The number of hydrogen-bond acceptors (Lipinski definition) is 4. The predicted molar refractivity (Wildman–Crippen MR) is 107 cm³/mol. The number of carbonyl (C=O) groups is 1. The number of unbranched alkanes of at least 4 members (excludes halogenated alkanes) is 1. The van der Waals surface area contributed by atoms with Crippen molar-refractivity contribution in [2.45, 2.75) is 31.6 Å². The van der Waals surface area contributed by atoms with E-state index in [1.54, 1.807) is 31.3 Å². The van der Waals surface area contributed by atoms with Crippen LogP contribution in [0.15, 0.2) is 47.4 Å². The number of aryl methyl sites for hydroxylation is 1. The fraction of sp³-hybridized carbons (Fsp3) is 0.350. The van der Waals surface area contributed by atoms with Crippen LogP contribution in [0.3, 0.4) is 0 Å². The van der Waals surface area contributed by atoms with E-state index in [9.17, 15) is 13.2 Å². The molecule has 0 heterocycles. The third-order valence-electron chi connectivity index (χ3n) is 4.25. The van der Waals surface area contributed by atoms with E-state index in [4.69, 9.17) is 4.74 Å². The van der Waals surface area contributed by atoms with E-state index in [1.807, 2.05) is 19.9 Å². The van der Waals surface area contributed by atoms with Crippen molar-refractivity contribution in [3.63, 3.8) is 0 Å². The molecule has 0 unspecified atom stereocenters. The Morgan fingerprint density at radius 2 is 1.81 bits per heavy atom. The van der Waals surface area contributed by atoms with Crippen molar-refractivity contribution in [3.05, 3.63) is 53.6 Å². The van der Waals surface area contributed by atoms with E-state index in [1.165, 1.54) is 23.5 Å². The van der Waals surface area contributed by atoms with Gasteiger partial charge in [0.2, 0.25) is 10.0 Å². The molecule has 0 fully saturated rings. The summed E-state index contributed by atoms with van der Waals surface area (Å²) in [5, 5.41) is 2.77. The van der Waals surface area contributed by atoms with Gasteiger partial charge in [-0.15, -0.1) is 0 Å². The van der Waals surface area contributed by atoms with Crippen LogP contribution in [-0.2, 0) is 10.0 Å². The highest BCUT2D eigenvalue weighted by molar-refractivity contribution is 7.89. The lowest BCUT2D eigenvalue weighted by molar-refractivity contribution is 0.102. The number of nitrogens with zero attached hydrogens (tertiary/aromatic N) is 1. The van der Waals surface area contributed by atoms with Crippen LogP contribution < -0.4 is 10.1 Å². The molecule has 7 heteroatoms. The molecule has 2 aromatic carbocycles. The number of methoxy groups -OCH3 is 1. The van der Waals surface area contributed by atoms with Crippen molar-refractivity contribution in [2.75, 3.05) is 26.0 Å². The first-order chi connectivity index (χ1) is 12.8. The first-order valence-electron chi connectivity index (χ1n) is 8.82. The highest BCUT2D eigenvalue weighted by atomic mass is 32.2. The summed E-state index contributed by atoms with van der Waals surface area (Å²) in [5.74, 6) is 0.168. The smallest absolute Gasteiger partial charge is 0.259 e. The molecule has 2 aromatic rings. The summed E-state index contributed by atoms with van der Waals surface area (Å²) in [6.45, 7) is 4.39. The number of ether oxygens (including phenoxy) is 1. The third-order valence-corrected chi connectivity index (χ3v) is 6.12. The molecule has 27 heavy (non-hydrogen) atoms. The number of sulfonamides is 1. The molecule has 0 aromatic heterocycles. The summed E-state index contributed by atoms with van der Waals surface area (Å²) < 4.78 is 31.7. The van der Waals surface area contributed by atoms with E-state index >= 15 is 0 Å². The zero-order valence-corrected chi connectivity index (χ0v) is 17.0. The quantitative estimate of drug-likeness (QED) is 0.746. The Bertz CT molecular complexity index is 893. The van der Waals surface area contributed by atoms with Crippen LogP contribution in [0.2, 0.25) is 0 Å². The Morgan fingerprint density at radius 3 is 2.41 bits per heavy atom. The molecule has 0 radical (unpaired) electrons. The zero-order valence-electron chi connectivity index (χ0n) is 16.2. The molecule has 0 spiro atoms. The SMILES string of the molecule is CCCCN(C)S(=O)(=O)c1ccc(NC(=O)c2cc(C)ccc2OC)cc1. The lowest BCUT2D eigenvalue weighted by atomic mass is 10.1. The highest BCUT2D eigenvalue weighted by Gasteiger charge is 2.20. The number of rotatable bonds is 8. The third kappa shape index (κ3) is 5.08. The van der Waals surface area contributed by atoms with Crippen LogP contribution in [0.25, 0.3) is 0 Å². The molecular weight excluding hydrogens is 364 g/mol. The van der Waals surface area contributed by atoms with Crippen LogP contribution in [0, 0.1) is 6.92 Å². The molecule has 1 N–H and O–H groups in total. The summed E-state index contributed by atoms with van der Waals surface area (Å²) in [4.78, 5) is 12.7. The van der Waals surface area contributed by atoms with Gasteiger partial charge >= 0.3 is 0 Å². The lowest BCUT2D eigenvalue weighted by Crippen LogP contribution is -2.27. The van der Waals surface area contributed by atoms with Crippen molar-refractivity contribution >= 4 is 21.6 Å². The molecule has 0 saturated carbocycles. The first-order valence-corrected chi connectivity index (χ1v) is 10.3. The number of nitrogens with one attached hydrogen (secondary N) is 1. The maximum Gasteiger partial charge on any atom is 0.259 e. The monoisotopic (exact) mass is 390 g/mol. The van der Waals surface area contributed by atoms with E-state index in [0.717, 1.165) is 18.4 Å². The highest BCUT2D eigenvalue weighted by Crippen LogP contribution is 2.22. The molecule has 0 aliphatic heterocycles. The minimum absolute atomic E-state index is 0.201. The largest absolute Gasteiger partial charge is 0.496 e. The van der Waals surface area contributed by atoms with Gasteiger partial charge in [0.25, 0.3) is 5.91 Å². The molecule has 0 aliphatic rings. The van der Waals surface area contributed by atoms with Gasteiger partial charge in [-0.1, -0.05) is 25.0 Å². The number of carbonyl (C=O) groups excluding carboxylic acids is 1. The zero-order chi connectivity index (χ0) is 20.0. The Balaban J connectivity index is 2.16. The molecular formula is C20H26N2O4S. The normalized spacial score (nSPS) is 11.4. The summed E-state index contributed by atoms with van der Waals surface area (Å²) in [5.41, 5.74) is 1.88. The standard InChI is InChI=1S/C20H26N2O4S/c1-5-6-13-22(3)27(24,25)17-10-8-16(9-11-17)21-20(23)18-14-15(2)7-12-19(18)26-4/h7-12,14H,5-6,13H2,1-4H3,(H,21,23). The molecule has 6 nitrogen and oxygen atoms in total. The molecule has 0 aliphatic carbocycles. The van der Waals surface area contributed by atoms with Gasteiger partial charge in [-0.25, -0.2) is 12.7 Å². The second kappa shape index (κ2) is 9.01. The summed E-state index contributed by atoms with van der Waals surface area (Å²) in [7, 11) is -0.440. The van der Waals surface area contributed by atoms with Gasteiger partial charge in [0.15, 0.2) is 0 Å². The van der Waals surface area contributed by atoms with Gasteiger partial charge in [0.05, 0.1) is 17.6 Å². The van der Waals surface area contributed by atoms with Gasteiger partial charge in [-0.05, 0) is 49.7 Å². The number of benzene rings is 2. The fourth-order valence-corrected chi connectivity index (χ4v) is 3.80. The lowest BCUT2D eigenvalue weighted by Gasteiger charge is -2.17. The van der Waals surface area contributed by atoms with E-state index < -0.39 is 10.0 Å². The second-order valence-electron chi connectivity index (χ2n) is 6.36. The maximum absolute atomic E-state index is 12.5. The minimum atomic E-state index is -3.52. The summed E-state index contributed by atoms with van der Waals surface area (Å²) in [6.07, 6.45) is 1.73. The Morgan fingerprint density at radius 1 is 1.15 bits per heavy atom. The van der Waals surface area contributed by atoms with Crippen LogP contribution in [-0.4, -0.2) is 39.3 Å². The number of anilines is 1. The maximum atomic E-state index is 12.5. The average molecular weight is 391 g/mol. The van der Waals surface area contributed by atoms with Crippen molar-refractivity contribution < 1.29 is 17.9 Å². The van der Waals surface area contributed by atoms with Gasteiger partial charge in [-0.3, -0.25) is 4.79 Å². The van der Waals surface area contributed by atoms with E-state index in [2.05, 4.69) is 5.32 Å². The summed E-state index contributed by atoms with van der Waals surface area (Å²) in [6, 6.07) is 11.5. The minimum Gasteiger partial charge on any atom is -0.496 e. The Labute approximate surface area is 161 Å². The van der Waals surface area contributed by atoms with Crippen LogP contribution in [0.5, 0.6) is 5.75 Å². The van der Waals surface area contributed by atoms with Crippen molar-refractivity contribution in [1.82, 2.24) is 4.31 Å². The van der Waals surface area contributed by atoms with Gasteiger partial charge in [0.1, 0.15) is 5.75 Å². The van der Waals surface area contributed by atoms with Crippen LogP contribution in [0.1, 0.15) is 35.7 Å². The fourth-order valence-electron chi connectivity index (χ4n) is 2.59. The molecule has 146 valence electrons. The summed E-state index contributed by atoms with van der Waals surface area (Å²) >= 11 is 0. The second-order valence-corrected chi connectivity index (χ2v) is 8.41. The average Bonchev–Trinajstić information content (AvgIpc) is 2.66. The van der Waals surface area contributed by atoms with E-state index in [-0.39, 0.29) is 10.8 Å². The van der Waals surface area contributed by atoms with Crippen LogP contribution in [0.4, 0.5) is 5.69 Å². The molecule has 0 bridgehead atoms. The molecule has 1 amide bonds. The van der Waals surface area contributed by atoms with Crippen molar-refractivity contribution in [3.8, 4) is 5.75 Å². The number of amides is 1. The first kappa shape index (κ1) is 20.9. The van der Waals surface area contributed by atoms with Gasteiger partial charge in [0, 0.05) is 19.3 Å². The van der Waals surface area contributed by atoms with Crippen molar-refractivity contribution in [1.29, 1.82) is 0 Å². The van der Waals surface area contributed by atoms with Crippen LogP contribution >= 0.6 is 0 Å². The van der Waals surface area contributed by atoms with E-state index in [0.29, 0.717) is 23.5 Å². The Kier molecular flexibility index (Phi) is 6.98. The molecule has 0 atom stereocenters. The molecule has 2 rings (SSSR count). The topological polar surface area (TPSA) is 75.7 Å². The van der Waals surface area contributed by atoms with Gasteiger partial charge in [-0.2, -0.15) is 0 Å².